The summed E-state index contributed by atoms with van der Waals surface area (Å²) in [5, 5.41) is 6.95. The Morgan fingerprint density at radius 3 is 1.74 bits per heavy atom. The van der Waals surface area contributed by atoms with E-state index in [1.165, 1.54) is 21.5 Å². The fraction of sp³-hybridized carbons (Fsp3) is 0. The summed E-state index contributed by atoms with van der Waals surface area (Å²) in [4.78, 5) is 3.89. The Kier molecular flexibility index (Phi) is 5.32. The number of para-hydroxylation sites is 5. The number of hydrogen-bond acceptors (Lipinski definition) is 1. The van der Waals surface area contributed by atoms with Crippen molar-refractivity contribution < 1.29 is 4.42 Å². The van der Waals surface area contributed by atoms with Gasteiger partial charge in [0.2, 0.25) is 0 Å². The van der Waals surface area contributed by atoms with Crippen LogP contribution in [0.15, 0.2) is 156 Å². The fourth-order valence-electron chi connectivity index (χ4n) is 7.60. The maximum Gasteiger partial charge on any atom is 0.188 e. The molecule has 7 aromatic carbocycles. The SMILES string of the molecule is [C-]#[N+]c1ccc(-n2c3ccccc3c3ccccc32)c(-c2ccccc2-n2c3ccccc3c3ccc4oc5ccccc5c4c32)c1. The van der Waals surface area contributed by atoms with Gasteiger partial charge in [0.15, 0.2) is 5.69 Å². The van der Waals surface area contributed by atoms with Crippen molar-refractivity contribution in [2.24, 2.45) is 0 Å². The first-order chi connectivity index (χ1) is 23.3. The summed E-state index contributed by atoms with van der Waals surface area (Å²) in [6.45, 7) is 7.97. The molecule has 0 unspecified atom stereocenters. The minimum atomic E-state index is 0.602. The average Bonchev–Trinajstić information content (AvgIpc) is 3.79. The smallest absolute Gasteiger partial charge is 0.188 e. The molecular formula is C43H25N3O. The van der Waals surface area contributed by atoms with E-state index in [9.17, 15) is 0 Å². The number of fused-ring (bicyclic) bond motifs is 10. The predicted molar refractivity (Wildman–Crippen MR) is 194 cm³/mol. The first-order valence-corrected chi connectivity index (χ1v) is 15.7. The van der Waals surface area contributed by atoms with Crippen molar-refractivity contribution in [1.82, 2.24) is 9.13 Å². The van der Waals surface area contributed by atoms with Gasteiger partial charge in [-0.1, -0.05) is 97.1 Å². The molecule has 218 valence electrons. The zero-order valence-corrected chi connectivity index (χ0v) is 25.2. The van der Waals surface area contributed by atoms with Gasteiger partial charge in [-0.3, -0.25) is 0 Å². The zero-order chi connectivity index (χ0) is 31.1. The van der Waals surface area contributed by atoms with Crippen molar-refractivity contribution in [2.75, 3.05) is 0 Å². The standard InChI is InChI=1S/C43H25N3O/c1-44-27-22-24-39(45-35-17-7-2-12-28(35)29-13-3-8-18-36(29)45)34(26-27)31-15-5-10-20-38(31)46-37-19-9-4-14-30(37)32-23-25-41-42(43(32)46)33-16-6-11-21-40(33)47-41/h2-26H. The highest BCUT2D eigenvalue weighted by Crippen LogP contribution is 2.44. The Morgan fingerprint density at radius 2 is 1.02 bits per heavy atom. The van der Waals surface area contributed by atoms with Gasteiger partial charge in [-0.05, 0) is 60.2 Å². The van der Waals surface area contributed by atoms with E-state index in [0.717, 1.165) is 66.5 Å². The lowest BCUT2D eigenvalue weighted by Gasteiger charge is -2.19. The first-order valence-electron chi connectivity index (χ1n) is 15.7. The highest BCUT2D eigenvalue weighted by atomic mass is 16.3. The van der Waals surface area contributed by atoms with E-state index in [-0.39, 0.29) is 0 Å². The van der Waals surface area contributed by atoms with Crippen LogP contribution < -0.4 is 0 Å². The molecule has 0 aliphatic carbocycles. The summed E-state index contributed by atoms with van der Waals surface area (Å²) in [6.07, 6.45) is 0. The Hall–Kier alpha value is -6.57. The van der Waals surface area contributed by atoms with Crippen LogP contribution in [-0.4, -0.2) is 9.13 Å². The van der Waals surface area contributed by atoms with Crippen LogP contribution in [0.2, 0.25) is 0 Å². The second kappa shape index (κ2) is 9.71. The van der Waals surface area contributed by atoms with E-state index in [1.54, 1.807) is 0 Å². The minimum Gasteiger partial charge on any atom is -0.456 e. The van der Waals surface area contributed by atoms with Gasteiger partial charge >= 0.3 is 0 Å². The number of nitrogens with zero attached hydrogens (tertiary/aromatic N) is 3. The topological polar surface area (TPSA) is 27.4 Å². The maximum absolute atomic E-state index is 7.97. The zero-order valence-electron chi connectivity index (χ0n) is 25.2. The molecule has 0 radical (unpaired) electrons. The molecule has 0 saturated heterocycles. The molecule has 10 rings (SSSR count). The number of furan rings is 1. The van der Waals surface area contributed by atoms with Crippen LogP contribution in [0.25, 0.3) is 92.9 Å². The quantitative estimate of drug-likeness (QED) is 0.186. The fourth-order valence-corrected chi connectivity index (χ4v) is 7.60. The second-order valence-corrected chi connectivity index (χ2v) is 12.0. The van der Waals surface area contributed by atoms with Crippen LogP contribution in [0.5, 0.6) is 0 Å². The molecule has 4 nitrogen and oxygen atoms in total. The summed E-state index contributed by atoms with van der Waals surface area (Å²) in [5.74, 6) is 0. The Bertz CT molecular complexity index is 2880. The normalized spacial score (nSPS) is 11.8. The summed E-state index contributed by atoms with van der Waals surface area (Å²) in [6, 6.07) is 53.0. The van der Waals surface area contributed by atoms with E-state index in [1.807, 2.05) is 24.3 Å². The molecule has 0 amide bonds. The summed E-state index contributed by atoms with van der Waals surface area (Å²) in [5.41, 5.74) is 10.9. The number of rotatable bonds is 3. The van der Waals surface area contributed by atoms with Crippen molar-refractivity contribution in [3.05, 3.63) is 163 Å². The molecule has 3 heterocycles. The van der Waals surface area contributed by atoms with E-state index < -0.39 is 0 Å². The third kappa shape index (κ3) is 3.57. The van der Waals surface area contributed by atoms with Crippen LogP contribution in [0.1, 0.15) is 0 Å². The molecule has 3 aromatic heterocycles. The third-order valence-corrected chi connectivity index (χ3v) is 9.54. The van der Waals surface area contributed by atoms with E-state index in [4.69, 9.17) is 11.0 Å². The van der Waals surface area contributed by atoms with Crippen molar-refractivity contribution >= 4 is 71.2 Å². The van der Waals surface area contributed by atoms with Gasteiger partial charge in [-0.25, -0.2) is 4.85 Å². The molecule has 0 spiro atoms. The molecule has 4 heteroatoms. The summed E-state index contributed by atoms with van der Waals surface area (Å²) < 4.78 is 11.1. The van der Waals surface area contributed by atoms with Crippen molar-refractivity contribution in [2.45, 2.75) is 0 Å². The van der Waals surface area contributed by atoms with Crippen molar-refractivity contribution in [3.63, 3.8) is 0 Å². The highest BCUT2D eigenvalue weighted by molar-refractivity contribution is 6.24. The second-order valence-electron chi connectivity index (χ2n) is 12.0. The summed E-state index contributed by atoms with van der Waals surface area (Å²) >= 11 is 0. The van der Waals surface area contributed by atoms with E-state index >= 15 is 0 Å². The molecule has 0 bridgehead atoms. The minimum absolute atomic E-state index is 0.602. The Balaban J connectivity index is 1.36. The third-order valence-electron chi connectivity index (χ3n) is 9.54. The number of hydrogen-bond donors (Lipinski definition) is 0. The Morgan fingerprint density at radius 1 is 0.447 bits per heavy atom. The molecule has 0 N–H and O–H groups in total. The van der Waals surface area contributed by atoms with Gasteiger partial charge in [0.1, 0.15) is 11.2 Å². The van der Waals surface area contributed by atoms with Crippen LogP contribution in [0.4, 0.5) is 5.69 Å². The molecule has 47 heavy (non-hydrogen) atoms. The molecule has 0 atom stereocenters. The molecular weight excluding hydrogens is 574 g/mol. The molecule has 0 aliphatic heterocycles. The van der Waals surface area contributed by atoms with Crippen molar-refractivity contribution in [3.8, 4) is 22.5 Å². The lowest BCUT2D eigenvalue weighted by atomic mass is 9.99. The van der Waals surface area contributed by atoms with Gasteiger partial charge in [-0.2, -0.15) is 0 Å². The van der Waals surface area contributed by atoms with E-state index in [2.05, 4.69) is 141 Å². The van der Waals surface area contributed by atoms with E-state index in [0.29, 0.717) is 5.69 Å². The largest absolute Gasteiger partial charge is 0.456 e. The van der Waals surface area contributed by atoms with Crippen LogP contribution in [0.3, 0.4) is 0 Å². The van der Waals surface area contributed by atoms with Crippen molar-refractivity contribution in [1.29, 1.82) is 0 Å². The molecule has 10 aromatic rings. The highest BCUT2D eigenvalue weighted by Gasteiger charge is 2.22. The van der Waals surface area contributed by atoms with Crippen LogP contribution >= 0.6 is 0 Å². The lowest BCUT2D eigenvalue weighted by molar-refractivity contribution is 0.669. The molecule has 0 saturated carbocycles. The van der Waals surface area contributed by atoms with Gasteiger partial charge < -0.3 is 13.6 Å². The first kappa shape index (κ1) is 25.7. The number of aromatic nitrogens is 2. The lowest BCUT2D eigenvalue weighted by Crippen LogP contribution is -2.01. The summed E-state index contributed by atoms with van der Waals surface area (Å²) in [7, 11) is 0. The Labute approximate surface area is 269 Å². The number of benzene rings is 7. The molecule has 0 fully saturated rings. The maximum atomic E-state index is 7.97. The van der Waals surface area contributed by atoms with Gasteiger partial charge in [-0.15, -0.1) is 0 Å². The predicted octanol–water partition coefficient (Wildman–Crippen LogP) is 12.0. The average molecular weight is 600 g/mol. The van der Waals surface area contributed by atoms with Crippen LogP contribution in [0, 0.1) is 6.57 Å². The van der Waals surface area contributed by atoms with Gasteiger partial charge in [0.05, 0.1) is 45.4 Å². The monoisotopic (exact) mass is 599 g/mol. The van der Waals surface area contributed by atoms with Gasteiger partial charge in [0.25, 0.3) is 0 Å². The van der Waals surface area contributed by atoms with Gasteiger partial charge in [0, 0.05) is 32.5 Å². The molecule has 0 aliphatic rings. The van der Waals surface area contributed by atoms with Crippen LogP contribution in [-0.2, 0) is 0 Å².